The molecule has 0 aliphatic heterocycles. The number of hydrogen-bond donors (Lipinski definition) is 1. The average molecular weight is 206 g/mol. The largest absolute Gasteiger partial charge is 0.396 e. The van der Waals surface area contributed by atoms with Crippen LogP contribution in [0.25, 0.3) is 0 Å². The average Bonchev–Trinajstić information content (AvgIpc) is 1.37. The zero-order valence-electron chi connectivity index (χ0n) is 2.85. The van der Waals surface area contributed by atoms with Gasteiger partial charge in [-0.2, -0.15) is 0 Å². The molecule has 1 unspecified atom stereocenters. The van der Waals surface area contributed by atoms with Crippen LogP contribution in [-0.4, -0.2) is 17.9 Å². The van der Waals surface area contributed by atoms with Crippen LogP contribution in [0.3, 0.4) is 0 Å². The summed E-state index contributed by atoms with van der Waals surface area (Å²) in [5.74, 6) is 0. The van der Waals surface area contributed by atoms with Gasteiger partial charge in [-0.1, -0.05) is 0 Å². The zero-order chi connectivity index (χ0) is 3.41. The van der Waals surface area contributed by atoms with Crippen LogP contribution in [0.1, 0.15) is 0 Å². The molecular weight excluding hydrogens is 198 g/mol. The fraction of sp³-hybridized carbons (Fsp3) is 1.00. The van der Waals surface area contributed by atoms with Crippen molar-refractivity contribution in [1.82, 2.24) is 0 Å². The molecule has 0 radical (unpaired) electrons. The highest BCUT2D eigenvalue weighted by Crippen LogP contribution is 1.70. The first kappa shape index (κ1) is 9.45. The lowest BCUT2D eigenvalue weighted by atomic mass is 10.9. The van der Waals surface area contributed by atoms with Crippen molar-refractivity contribution in [3.05, 3.63) is 0 Å². The molecule has 3 heteroatoms. The van der Waals surface area contributed by atoms with E-state index in [-0.39, 0.29) is 30.6 Å². The normalized spacial score (nSPS) is 6.00. The van der Waals surface area contributed by atoms with Crippen LogP contribution >= 0.6 is 33.2 Å². The van der Waals surface area contributed by atoms with E-state index in [2.05, 4.69) is 9.24 Å². The quantitative estimate of drug-likeness (QED) is 0.488. The van der Waals surface area contributed by atoms with Crippen molar-refractivity contribution in [1.29, 1.82) is 0 Å². The highest BCUT2D eigenvalue weighted by Gasteiger charge is 1.57. The van der Waals surface area contributed by atoms with Crippen molar-refractivity contribution in [2.75, 3.05) is 12.8 Å². The number of aliphatic hydroxyl groups excluding tert-OH is 1. The molecule has 0 heterocycles. The van der Waals surface area contributed by atoms with Gasteiger partial charge in [-0.15, -0.1) is 33.2 Å². The summed E-state index contributed by atoms with van der Waals surface area (Å²) in [5, 5.41) is 7.85. The molecule has 0 rings (SSSR count). The second-order valence-corrected chi connectivity index (χ2v) is 1.09. The summed E-state index contributed by atoms with van der Waals surface area (Å²) in [6.45, 7) is 0.282. The van der Waals surface area contributed by atoms with Gasteiger partial charge in [0.1, 0.15) is 0 Å². The van der Waals surface area contributed by atoms with E-state index >= 15 is 0 Å². The Kier molecular flexibility index (Phi) is 16.9. The molecule has 0 aromatic heterocycles. The van der Waals surface area contributed by atoms with E-state index in [4.69, 9.17) is 5.11 Å². The Morgan fingerprint density at radius 3 is 1.80 bits per heavy atom. The fourth-order valence-electron chi connectivity index (χ4n) is 0. The van der Waals surface area contributed by atoms with Crippen molar-refractivity contribution >= 4 is 33.2 Å². The lowest BCUT2D eigenvalue weighted by molar-refractivity contribution is 0.322. The van der Waals surface area contributed by atoms with Gasteiger partial charge in [-0.05, 0) is 6.16 Å². The van der Waals surface area contributed by atoms with Gasteiger partial charge in [0.05, 0.1) is 0 Å². The lowest BCUT2D eigenvalue weighted by Crippen LogP contribution is -1.75. The SMILES string of the molecule is I.OCCP. The summed E-state index contributed by atoms with van der Waals surface area (Å²) in [5.41, 5.74) is 0. The third kappa shape index (κ3) is 11.1. The summed E-state index contributed by atoms with van der Waals surface area (Å²) >= 11 is 0. The fourth-order valence-corrected chi connectivity index (χ4v) is 0. The van der Waals surface area contributed by atoms with Gasteiger partial charge in [0, 0.05) is 6.61 Å². The van der Waals surface area contributed by atoms with Gasteiger partial charge in [0.15, 0.2) is 0 Å². The summed E-state index contributed by atoms with van der Waals surface area (Å²) in [4.78, 5) is 0. The summed E-state index contributed by atoms with van der Waals surface area (Å²) in [6, 6.07) is 0. The van der Waals surface area contributed by atoms with E-state index in [0.717, 1.165) is 6.16 Å². The first-order chi connectivity index (χ1) is 1.91. The molecule has 1 atom stereocenters. The Labute approximate surface area is 51.4 Å². The predicted octanol–water partition coefficient (Wildman–Crippen LogP) is 0.472. The van der Waals surface area contributed by atoms with Crippen molar-refractivity contribution in [2.45, 2.75) is 0 Å². The van der Waals surface area contributed by atoms with Crippen LogP contribution in [0.2, 0.25) is 0 Å². The molecule has 0 aromatic carbocycles. The minimum absolute atomic E-state index is 0. The Bertz CT molecular complexity index is 11.6. The minimum Gasteiger partial charge on any atom is -0.396 e. The van der Waals surface area contributed by atoms with E-state index in [1.807, 2.05) is 0 Å². The molecule has 0 aliphatic carbocycles. The maximum absolute atomic E-state index is 7.85. The number of halogens is 1. The van der Waals surface area contributed by atoms with E-state index < -0.39 is 0 Å². The van der Waals surface area contributed by atoms with Crippen LogP contribution in [-0.2, 0) is 0 Å². The van der Waals surface area contributed by atoms with E-state index in [9.17, 15) is 0 Å². The molecule has 0 spiro atoms. The lowest BCUT2D eigenvalue weighted by Gasteiger charge is -1.69. The number of rotatable bonds is 1. The Morgan fingerprint density at radius 2 is 1.80 bits per heavy atom. The maximum Gasteiger partial charge on any atom is 0.0465 e. The summed E-state index contributed by atoms with van der Waals surface area (Å²) in [7, 11) is 2.41. The minimum atomic E-state index is 0. The first-order valence-electron chi connectivity index (χ1n) is 1.22. The highest BCUT2D eigenvalue weighted by molar-refractivity contribution is 14.0. The third-order valence-electron chi connectivity index (χ3n) is 0.129. The molecular formula is C2H8IOP. The molecule has 34 valence electrons. The first-order valence-corrected chi connectivity index (χ1v) is 2.04. The highest BCUT2D eigenvalue weighted by atomic mass is 127. The Hall–Kier alpha value is 1.12. The Morgan fingerprint density at radius 1 is 1.60 bits per heavy atom. The molecule has 0 bridgehead atoms. The van der Waals surface area contributed by atoms with E-state index in [1.54, 1.807) is 0 Å². The molecule has 1 nitrogen and oxygen atoms in total. The van der Waals surface area contributed by atoms with Crippen molar-refractivity contribution in [2.24, 2.45) is 0 Å². The van der Waals surface area contributed by atoms with Gasteiger partial charge >= 0.3 is 0 Å². The van der Waals surface area contributed by atoms with E-state index in [1.165, 1.54) is 0 Å². The summed E-state index contributed by atoms with van der Waals surface area (Å²) < 4.78 is 0. The smallest absolute Gasteiger partial charge is 0.0465 e. The molecule has 1 N–H and O–H groups in total. The molecule has 0 saturated carbocycles. The summed E-state index contributed by atoms with van der Waals surface area (Å²) in [6.07, 6.45) is 0.792. The Balaban J connectivity index is 0. The molecule has 0 fully saturated rings. The van der Waals surface area contributed by atoms with Crippen molar-refractivity contribution in [3.8, 4) is 0 Å². The second-order valence-electron chi connectivity index (χ2n) is 0.512. The van der Waals surface area contributed by atoms with Gasteiger partial charge in [-0.25, -0.2) is 0 Å². The number of hydrogen-bond acceptors (Lipinski definition) is 1. The van der Waals surface area contributed by atoms with Gasteiger partial charge < -0.3 is 5.11 Å². The molecule has 0 aromatic rings. The number of aliphatic hydroxyl groups is 1. The predicted molar refractivity (Wildman–Crippen MR) is 37.1 cm³/mol. The molecule has 5 heavy (non-hydrogen) atoms. The molecule has 0 saturated heterocycles. The van der Waals surface area contributed by atoms with Crippen LogP contribution in [0.5, 0.6) is 0 Å². The molecule has 0 amide bonds. The topological polar surface area (TPSA) is 20.2 Å². The van der Waals surface area contributed by atoms with E-state index in [0.29, 0.717) is 0 Å². The molecule has 0 aliphatic rings. The van der Waals surface area contributed by atoms with Crippen molar-refractivity contribution in [3.63, 3.8) is 0 Å². The van der Waals surface area contributed by atoms with Gasteiger partial charge in [0.2, 0.25) is 0 Å². The monoisotopic (exact) mass is 206 g/mol. The van der Waals surface area contributed by atoms with Crippen LogP contribution in [0.4, 0.5) is 0 Å². The van der Waals surface area contributed by atoms with Gasteiger partial charge in [0.25, 0.3) is 0 Å². The van der Waals surface area contributed by atoms with Crippen LogP contribution < -0.4 is 0 Å². The maximum atomic E-state index is 7.85. The second kappa shape index (κ2) is 8.93. The third-order valence-corrected chi connectivity index (χ3v) is 0.387. The van der Waals surface area contributed by atoms with Gasteiger partial charge in [-0.3, -0.25) is 0 Å². The standard InChI is InChI=1S/C2H7OP.HI/c3-1-2-4;/h3H,1-2,4H2;1H. The zero-order valence-corrected chi connectivity index (χ0v) is 6.33. The van der Waals surface area contributed by atoms with Crippen molar-refractivity contribution < 1.29 is 5.11 Å². The van der Waals surface area contributed by atoms with Crippen LogP contribution in [0.15, 0.2) is 0 Å². The van der Waals surface area contributed by atoms with Crippen LogP contribution in [0, 0.1) is 0 Å².